The van der Waals surface area contributed by atoms with E-state index in [4.69, 9.17) is 41.6 Å². The maximum atomic E-state index is 13.6. The SMILES string of the molecule is Cc1cc2c(NC3CC3)nc(-c3ccccc3C)nc2[nH]1.Cc1ccc(S(=O)(=O)n2c(C)cc3c(NC4CC4)nc(-c4ccccc4C)nc32)cc1.Cc1ccc(S(=O)(=O)n2c(C)cc3c(NC4CC4)nc(Cl)nc32)cc1.Cc1ccccc1B(O)O. The van der Waals surface area contributed by atoms with E-state index in [0.717, 1.165) is 92.8 Å². The van der Waals surface area contributed by atoms with E-state index in [2.05, 4.69) is 62.9 Å². The lowest BCUT2D eigenvalue weighted by Gasteiger charge is -2.13. The lowest BCUT2D eigenvalue weighted by Crippen LogP contribution is -2.31. The fourth-order valence-electron chi connectivity index (χ4n) is 10.1. The average molecular weight is 1220 g/mol. The van der Waals surface area contributed by atoms with Crippen LogP contribution in [0.5, 0.6) is 0 Å². The highest BCUT2D eigenvalue weighted by Crippen LogP contribution is 2.37. The molecule has 87 heavy (non-hydrogen) atoms. The zero-order valence-electron chi connectivity index (χ0n) is 49.6. The van der Waals surface area contributed by atoms with Gasteiger partial charge in [0, 0.05) is 46.3 Å². The van der Waals surface area contributed by atoms with Gasteiger partial charge in [0.1, 0.15) is 23.1 Å². The Hall–Kier alpha value is -8.47. The first-order valence-corrected chi connectivity index (χ1v) is 32.2. The number of aromatic nitrogens is 9. The van der Waals surface area contributed by atoms with Crippen LogP contribution in [0, 0.1) is 55.4 Å². The second kappa shape index (κ2) is 24.7. The molecule has 0 unspecified atom stereocenters. The first-order valence-electron chi connectivity index (χ1n) is 28.9. The largest absolute Gasteiger partial charge is 0.488 e. The van der Waals surface area contributed by atoms with E-state index in [9.17, 15) is 16.8 Å². The van der Waals surface area contributed by atoms with E-state index in [0.29, 0.717) is 69.1 Å². The Morgan fingerprint density at radius 2 is 0.885 bits per heavy atom. The third kappa shape index (κ3) is 13.4. The number of rotatable bonds is 13. The fraction of sp³-hybridized carbons (Fsp3) is 0.262. The average Bonchev–Trinajstić information content (AvgIpc) is 1.68. The van der Waals surface area contributed by atoms with Gasteiger partial charge in [-0.1, -0.05) is 114 Å². The molecule has 446 valence electrons. The Morgan fingerprint density at radius 3 is 1.31 bits per heavy atom. The molecule has 0 amide bonds. The molecule has 0 atom stereocenters. The predicted octanol–water partition coefficient (Wildman–Crippen LogP) is 11.8. The summed E-state index contributed by atoms with van der Waals surface area (Å²) in [5.74, 6) is 3.52. The molecule has 11 aromatic rings. The van der Waals surface area contributed by atoms with Crippen molar-refractivity contribution < 1.29 is 26.9 Å². The van der Waals surface area contributed by atoms with Crippen molar-refractivity contribution in [2.75, 3.05) is 16.0 Å². The van der Waals surface area contributed by atoms with Crippen molar-refractivity contribution in [1.29, 1.82) is 0 Å². The van der Waals surface area contributed by atoms with Crippen LogP contribution in [0.1, 0.15) is 83.4 Å². The Labute approximate surface area is 511 Å². The fourth-order valence-corrected chi connectivity index (χ4v) is 13.2. The van der Waals surface area contributed by atoms with Crippen LogP contribution in [0.15, 0.2) is 149 Å². The smallest absolute Gasteiger partial charge is 0.423 e. The molecule has 6 heterocycles. The number of halogens is 1. The summed E-state index contributed by atoms with van der Waals surface area (Å²) in [7, 11) is -8.93. The molecule has 3 fully saturated rings. The third-order valence-electron chi connectivity index (χ3n) is 15.3. The van der Waals surface area contributed by atoms with Crippen LogP contribution in [-0.2, 0) is 20.0 Å². The number of fused-ring (bicyclic) bond motifs is 3. The van der Waals surface area contributed by atoms with E-state index < -0.39 is 27.2 Å². The van der Waals surface area contributed by atoms with Crippen LogP contribution in [0.3, 0.4) is 0 Å². The predicted molar refractivity (Wildman–Crippen MR) is 347 cm³/mol. The molecule has 3 aliphatic carbocycles. The minimum atomic E-state index is -3.81. The van der Waals surface area contributed by atoms with Gasteiger partial charge in [0.2, 0.25) is 5.28 Å². The lowest BCUT2D eigenvalue weighted by molar-refractivity contribution is 0.425. The monoisotopic (exact) mass is 1220 g/mol. The summed E-state index contributed by atoms with van der Waals surface area (Å²) in [5.41, 5.74) is 11.6. The van der Waals surface area contributed by atoms with Crippen molar-refractivity contribution in [3.8, 4) is 22.8 Å². The molecule has 3 aliphatic rings. The van der Waals surface area contributed by atoms with Crippen molar-refractivity contribution in [3.63, 3.8) is 0 Å². The van der Waals surface area contributed by atoms with Gasteiger partial charge >= 0.3 is 7.12 Å². The number of anilines is 3. The molecule has 0 saturated heterocycles. The number of aryl methyl sites for hydroxylation is 8. The summed E-state index contributed by atoms with van der Waals surface area (Å²) >= 11 is 6.06. The molecule has 5 aromatic carbocycles. The number of hydrogen-bond acceptors (Lipinski definition) is 15. The second-order valence-electron chi connectivity index (χ2n) is 22.7. The summed E-state index contributed by atoms with van der Waals surface area (Å²) in [6.07, 6.45) is 6.79. The van der Waals surface area contributed by atoms with E-state index in [1.165, 1.54) is 26.3 Å². The Bertz CT molecular complexity index is 4600. The van der Waals surface area contributed by atoms with Crippen LogP contribution in [0.2, 0.25) is 5.28 Å². The van der Waals surface area contributed by atoms with Gasteiger partial charge in [-0.2, -0.15) is 4.98 Å². The van der Waals surface area contributed by atoms with Crippen molar-refractivity contribution in [1.82, 2.24) is 42.8 Å². The Morgan fingerprint density at radius 1 is 0.483 bits per heavy atom. The van der Waals surface area contributed by atoms with Gasteiger partial charge in [0.25, 0.3) is 20.0 Å². The van der Waals surface area contributed by atoms with E-state index in [-0.39, 0.29) is 15.1 Å². The summed E-state index contributed by atoms with van der Waals surface area (Å²) < 4.78 is 56.0. The molecular weight excluding hydrogens is 1160 g/mol. The molecule has 0 aliphatic heterocycles. The molecule has 14 rings (SSSR count). The molecular formula is C65H68BClN12O6S2. The van der Waals surface area contributed by atoms with Crippen LogP contribution in [0.4, 0.5) is 17.5 Å². The van der Waals surface area contributed by atoms with E-state index >= 15 is 0 Å². The Kier molecular flexibility index (Phi) is 17.1. The number of H-pyrrole nitrogens is 1. The minimum Gasteiger partial charge on any atom is -0.423 e. The first kappa shape index (κ1) is 60.2. The number of hydrogen-bond donors (Lipinski definition) is 6. The molecule has 18 nitrogen and oxygen atoms in total. The maximum Gasteiger partial charge on any atom is 0.488 e. The van der Waals surface area contributed by atoms with Crippen LogP contribution in [-0.4, -0.2) is 95.0 Å². The van der Waals surface area contributed by atoms with E-state index in [1.807, 2.05) is 94.4 Å². The zero-order chi connectivity index (χ0) is 61.5. The molecule has 6 aromatic heterocycles. The number of aromatic amines is 1. The highest BCUT2D eigenvalue weighted by atomic mass is 35.5. The quantitative estimate of drug-likeness (QED) is 0.0464. The zero-order valence-corrected chi connectivity index (χ0v) is 52.0. The highest BCUT2D eigenvalue weighted by molar-refractivity contribution is 7.90. The number of nitrogens with one attached hydrogen (secondary N) is 4. The summed E-state index contributed by atoms with van der Waals surface area (Å²) in [6, 6.07) is 44.0. The van der Waals surface area contributed by atoms with E-state index in [1.54, 1.807) is 68.4 Å². The van der Waals surface area contributed by atoms with Gasteiger partial charge in [0.05, 0.1) is 25.9 Å². The molecule has 0 spiro atoms. The maximum absolute atomic E-state index is 13.6. The van der Waals surface area contributed by atoms with Gasteiger partial charge < -0.3 is 31.0 Å². The molecule has 22 heteroatoms. The van der Waals surface area contributed by atoms with Crippen molar-refractivity contribution in [2.45, 2.75) is 122 Å². The molecule has 3 saturated carbocycles. The standard InChI is InChI=1S/C24H24N4O2S.C17H17ClN4O2S.C17H18N4.C7H9BO2/c1-15-8-12-19(13-9-15)31(29,30)28-17(3)14-21-23(25-18-10-11-18)26-22(27-24(21)28)20-7-5-4-6-16(20)2;1-10-3-7-13(8-4-10)25(23,24)22-11(2)9-14-15(19-12-5-6-12)20-17(18)21-16(14)22;1-10-5-3-4-6-13(10)15-20-16-14(9-11(2)18-16)17(21-15)19-12-7-8-12;1-6-4-2-3-5-7(6)8(9)10/h4-9,12-14,18H,10-11H2,1-3H3,(H,25,26,27);3-4,7-9,12H,5-6H2,1-2H3,(H,19,20,21);3-6,9,12H,7-8H2,1-2H3,(H2,18,19,20,21);2-5,9-10H,1H3. The third-order valence-corrected chi connectivity index (χ3v) is 19.1. The summed E-state index contributed by atoms with van der Waals surface area (Å²) in [4.78, 5) is 31.3. The van der Waals surface area contributed by atoms with Crippen molar-refractivity contribution in [3.05, 3.63) is 190 Å². The highest BCUT2D eigenvalue weighted by Gasteiger charge is 2.30. The second-order valence-corrected chi connectivity index (χ2v) is 26.6. The summed E-state index contributed by atoms with van der Waals surface area (Å²) in [6.45, 7) is 15.4. The van der Waals surface area contributed by atoms with Crippen molar-refractivity contribution in [2.24, 2.45) is 0 Å². The van der Waals surface area contributed by atoms with Crippen LogP contribution < -0.4 is 21.4 Å². The molecule has 0 radical (unpaired) electrons. The van der Waals surface area contributed by atoms with Gasteiger partial charge in [0.15, 0.2) is 22.9 Å². The van der Waals surface area contributed by atoms with Gasteiger partial charge in [-0.05, 0) is 165 Å². The Balaban J connectivity index is 0.000000127. The van der Waals surface area contributed by atoms with Gasteiger partial charge in [-0.15, -0.1) is 0 Å². The normalized spacial score (nSPS) is 13.9. The van der Waals surface area contributed by atoms with Crippen LogP contribution >= 0.6 is 11.6 Å². The molecule has 6 N–H and O–H groups in total. The van der Waals surface area contributed by atoms with Crippen LogP contribution in [0.25, 0.3) is 55.9 Å². The molecule has 0 bridgehead atoms. The lowest BCUT2D eigenvalue weighted by atomic mass is 9.77. The minimum absolute atomic E-state index is 0.0223. The van der Waals surface area contributed by atoms with Crippen molar-refractivity contribution >= 4 is 94.8 Å². The first-order chi connectivity index (χ1) is 41.6. The number of nitrogens with zero attached hydrogens (tertiary/aromatic N) is 8. The number of benzene rings is 5. The summed E-state index contributed by atoms with van der Waals surface area (Å²) in [5, 5.41) is 30.3. The van der Waals surface area contributed by atoms with Gasteiger partial charge in [-0.25, -0.2) is 49.7 Å². The van der Waals surface area contributed by atoms with Gasteiger partial charge in [-0.3, -0.25) is 0 Å². The topological polar surface area (TPSA) is 248 Å².